The van der Waals surface area contributed by atoms with Crippen molar-refractivity contribution in [2.75, 3.05) is 18.4 Å². The SMILES string of the molecule is C[C@H](C(=O)Nc1ccccc1F)N1CCC(NS(=O)(=O)c2cccs2)CC1. The van der Waals surface area contributed by atoms with Crippen LogP contribution in [0.1, 0.15) is 19.8 Å². The minimum Gasteiger partial charge on any atom is -0.322 e. The Kier molecular flexibility index (Phi) is 6.25. The Morgan fingerprint density at radius 2 is 1.93 bits per heavy atom. The Hall–Kier alpha value is -1.81. The zero-order valence-corrected chi connectivity index (χ0v) is 16.5. The first-order chi connectivity index (χ1) is 12.9. The molecule has 1 aliphatic heterocycles. The van der Waals surface area contributed by atoms with Crippen molar-refractivity contribution in [2.24, 2.45) is 0 Å². The summed E-state index contributed by atoms with van der Waals surface area (Å²) < 4.78 is 41.3. The number of nitrogens with zero attached hydrogens (tertiary/aromatic N) is 1. The van der Waals surface area contributed by atoms with Gasteiger partial charge < -0.3 is 5.32 Å². The summed E-state index contributed by atoms with van der Waals surface area (Å²) in [6, 6.07) is 8.74. The molecule has 1 fully saturated rings. The number of benzene rings is 1. The predicted octanol–water partition coefficient (Wildman–Crippen LogP) is 2.66. The summed E-state index contributed by atoms with van der Waals surface area (Å²) in [5.74, 6) is -0.752. The molecule has 6 nitrogen and oxygen atoms in total. The van der Waals surface area contributed by atoms with Crippen LogP contribution in [-0.4, -0.2) is 44.4 Å². The zero-order valence-electron chi connectivity index (χ0n) is 14.9. The summed E-state index contributed by atoms with van der Waals surface area (Å²) in [6.07, 6.45) is 1.23. The molecule has 2 aromatic rings. The largest absolute Gasteiger partial charge is 0.322 e. The minimum absolute atomic E-state index is 0.157. The van der Waals surface area contributed by atoms with Crippen molar-refractivity contribution in [3.63, 3.8) is 0 Å². The summed E-state index contributed by atoms with van der Waals surface area (Å²) >= 11 is 1.19. The molecule has 1 aromatic heterocycles. The molecule has 146 valence electrons. The fourth-order valence-electron chi connectivity index (χ4n) is 3.06. The molecule has 0 unspecified atom stereocenters. The summed E-state index contributed by atoms with van der Waals surface area (Å²) in [6.45, 7) is 2.94. The van der Waals surface area contributed by atoms with Crippen molar-refractivity contribution in [3.05, 3.63) is 47.6 Å². The van der Waals surface area contributed by atoms with E-state index < -0.39 is 21.9 Å². The molecule has 0 aliphatic carbocycles. The maximum absolute atomic E-state index is 13.7. The standard InChI is InChI=1S/C18H22FN3O3S2/c1-13(18(23)20-16-6-3-2-5-15(16)19)22-10-8-14(9-11-22)21-27(24,25)17-7-4-12-26-17/h2-7,12-14,21H,8-11H2,1H3,(H,20,23)/t13-/m1/s1. The third-order valence-corrected chi connectivity index (χ3v) is 7.59. The van der Waals surface area contributed by atoms with E-state index in [0.717, 1.165) is 0 Å². The Bertz CT molecular complexity index is 879. The molecule has 1 aromatic carbocycles. The van der Waals surface area contributed by atoms with Gasteiger partial charge in [0.15, 0.2) is 0 Å². The lowest BCUT2D eigenvalue weighted by atomic mass is 10.0. The number of carbonyl (C=O) groups excluding carboxylic acids is 1. The van der Waals surface area contributed by atoms with Gasteiger partial charge in [0.1, 0.15) is 10.0 Å². The van der Waals surface area contributed by atoms with Crippen molar-refractivity contribution in [1.29, 1.82) is 0 Å². The average Bonchev–Trinajstić information content (AvgIpc) is 3.19. The highest BCUT2D eigenvalue weighted by Gasteiger charge is 2.29. The van der Waals surface area contributed by atoms with Gasteiger partial charge in [0.25, 0.3) is 0 Å². The summed E-state index contributed by atoms with van der Waals surface area (Å²) in [4.78, 5) is 14.4. The Morgan fingerprint density at radius 1 is 1.22 bits per heavy atom. The molecule has 0 spiro atoms. The molecule has 0 saturated carbocycles. The number of hydrogen-bond acceptors (Lipinski definition) is 5. The minimum atomic E-state index is -3.49. The Labute approximate surface area is 162 Å². The number of piperidine rings is 1. The molecule has 1 atom stereocenters. The van der Waals surface area contributed by atoms with Crippen molar-refractivity contribution in [3.8, 4) is 0 Å². The van der Waals surface area contributed by atoms with E-state index in [1.54, 1.807) is 36.6 Å². The third-order valence-electron chi connectivity index (χ3n) is 4.67. The first-order valence-electron chi connectivity index (χ1n) is 8.72. The molecule has 27 heavy (non-hydrogen) atoms. The second-order valence-electron chi connectivity index (χ2n) is 6.51. The molecule has 2 N–H and O–H groups in total. The van der Waals surface area contributed by atoms with E-state index in [1.165, 1.54) is 23.5 Å². The van der Waals surface area contributed by atoms with Crippen LogP contribution in [0.3, 0.4) is 0 Å². The predicted molar refractivity (Wildman–Crippen MR) is 104 cm³/mol. The molecular weight excluding hydrogens is 389 g/mol. The number of amides is 1. The van der Waals surface area contributed by atoms with Gasteiger partial charge in [0.2, 0.25) is 15.9 Å². The number of rotatable bonds is 6. The fourth-order valence-corrected chi connectivity index (χ4v) is 5.38. The van der Waals surface area contributed by atoms with Crippen LogP contribution in [0, 0.1) is 5.82 Å². The van der Waals surface area contributed by atoms with Gasteiger partial charge in [0, 0.05) is 19.1 Å². The van der Waals surface area contributed by atoms with E-state index in [4.69, 9.17) is 0 Å². The number of carbonyl (C=O) groups is 1. The van der Waals surface area contributed by atoms with Gasteiger partial charge in [-0.15, -0.1) is 11.3 Å². The second-order valence-corrected chi connectivity index (χ2v) is 9.40. The lowest BCUT2D eigenvalue weighted by Gasteiger charge is -2.35. The van der Waals surface area contributed by atoms with Crippen LogP contribution in [0.2, 0.25) is 0 Å². The topological polar surface area (TPSA) is 78.5 Å². The van der Waals surface area contributed by atoms with E-state index in [-0.39, 0.29) is 17.6 Å². The van der Waals surface area contributed by atoms with E-state index in [1.807, 2.05) is 4.90 Å². The monoisotopic (exact) mass is 411 g/mol. The molecular formula is C18H22FN3O3S2. The van der Waals surface area contributed by atoms with Gasteiger partial charge in [-0.2, -0.15) is 0 Å². The van der Waals surface area contributed by atoms with Crippen molar-refractivity contribution >= 4 is 33.0 Å². The molecule has 0 radical (unpaired) electrons. The van der Waals surface area contributed by atoms with Crippen molar-refractivity contribution in [1.82, 2.24) is 9.62 Å². The first-order valence-corrected chi connectivity index (χ1v) is 11.1. The number of nitrogens with one attached hydrogen (secondary N) is 2. The maximum Gasteiger partial charge on any atom is 0.250 e. The van der Waals surface area contributed by atoms with Crippen molar-refractivity contribution < 1.29 is 17.6 Å². The lowest BCUT2D eigenvalue weighted by Crippen LogP contribution is -2.50. The zero-order chi connectivity index (χ0) is 19.4. The molecule has 0 bridgehead atoms. The van der Waals surface area contributed by atoms with Crippen LogP contribution in [0.15, 0.2) is 46.0 Å². The summed E-state index contributed by atoms with van der Waals surface area (Å²) in [5, 5.41) is 4.34. The van der Waals surface area contributed by atoms with Gasteiger partial charge >= 0.3 is 0 Å². The van der Waals surface area contributed by atoms with Crippen LogP contribution in [0.4, 0.5) is 10.1 Å². The van der Waals surface area contributed by atoms with Gasteiger partial charge in [-0.1, -0.05) is 18.2 Å². The molecule has 1 amide bonds. The number of hydrogen-bond donors (Lipinski definition) is 2. The highest BCUT2D eigenvalue weighted by atomic mass is 32.2. The fraction of sp³-hybridized carbons (Fsp3) is 0.389. The maximum atomic E-state index is 13.7. The van der Waals surface area contributed by atoms with Gasteiger partial charge in [-0.3, -0.25) is 9.69 Å². The van der Waals surface area contributed by atoms with Gasteiger partial charge in [0.05, 0.1) is 11.7 Å². The molecule has 9 heteroatoms. The lowest BCUT2D eigenvalue weighted by molar-refractivity contribution is -0.121. The quantitative estimate of drug-likeness (QED) is 0.766. The normalized spacial score (nSPS) is 17.6. The number of likely N-dealkylation sites (tertiary alicyclic amines) is 1. The molecule has 2 heterocycles. The summed E-state index contributed by atoms with van der Waals surface area (Å²) in [5.41, 5.74) is 0.160. The summed E-state index contributed by atoms with van der Waals surface area (Å²) in [7, 11) is -3.49. The second kappa shape index (κ2) is 8.47. The Morgan fingerprint density at radius 3 is 2.56 bits per heavy atom. The number of halogens is 1. The highest BCUT2D eigenvalue weighted by Crippen LogP contribution is 2.20. The third kappa shape index (κ3) is 4.92. The molecule has 3 rings (SSSR count). The van der Waals surface area contributed by atoms with Crippen LogP contribution < -0.4 is 10.0 Å². The van der Waals surface area contributed by atoms with E-state index in [9.17, 15) is 17.6 Å². The number of thiophene rings is 1. The smallest absolute Gasteiger partial charge is 0.250 e. The van der Waals surface area contributed by atoms with Crippen molar-refractivity contribution in [2.45, 2.75) is 36.1 Å². The first kappa shape index (κ1) is 19.9. The number of anilines is 1. The van der Waals surface area contributed by atoms with Crippen LogP contribution in [0.25, 0.3) is 0 Å². The Balaban J connectivity index is 1.52. The van der Waals surface area contributed by atoms with Gasteiger partial charge in [-0.25, -0.2) is 17.5 Å². The number of para-hydroxylation sites is 1. The average molecular weight is 412 g/mol. The van der Waals surface area contributed by atoms with Crippen LogP contribution in [-0.2, 0) is 14.8 Å². The number of sulfonamides is 1. The van der Waals surface area contributed by atoms with Crippen LogP contribution >= 0.6 is 11.3 Å². The molecule has 1 saturated heterocycles. The molecule has 1 aliphatic rings. The van der Waals surface area contributed by atoms with E-state index >= 15 is 0 Å². The highest BCUT2D eigenvalue weighted by molar-refractivity contribution is 7.91. The van der Waals surface area contributed by atoms with Crippen LogP contribution in [0.5, 0.6) is 0 Å². The van der Waals surface area contributed by atoms with E-state index in [2.05, 4.69) is 10.0 Å². The van der Waals surface area contributed by atoms with E-state index in [0.29, 0.717) is 30.1 Å². The van der Waals surface area contributed by atoms with Gasteiger partial charge in [-0.05, 0) is 43.3 Å².